The number of hydrogen-bond donors (Lipinski definition) is 0. The highest BCUT2D eigenvalue weighted by Crippen LogP contribution is 1.92. The number of Topliss-reactive ketones (excluding diaryl/α,β-unsaturated/α-hetero) is 1. The Morgan fingerprint density at radius 2 is 2.12 bits per heavy atom. The molecular formula is C6H9O2. The van der Waals surface area contributed by atoms with E-state index in [1.54, 1.807) is 6.92 Å². The maximum atomic E-state index is 10.4. The summed E-state index contributed by atoms with van der Waals surface area (Å²) in [5.41, 5.74) is 0.473. The Hall–Kier alpha value is -0.630. The molecule has 0 aromatic heterocycles. The molecular weight excluding hydrogens is 104 g/mol. The van der Waals surface area contributed by atoms with Crippen LogP contribution in [0.1, 0.15) is 13.3 Å². The van der Waals surface area contributed by atoms with Crippen LogP contribution >= 0.6 is 0 Å². The molecule has 0 saturated heterocycles. The van der Waals surface area contributed by atoms with E-state index in [4.69, 9.17) is 0 Å². The van der Waals surface area contributed by atoms with Crippen molar-refractivity contribution in [2.45, 2.75) is 13.3 Å². The average Bonchev–Trinajstić information content (AvgIpc) is 1.67. The highest BCUT2D eigenvalue weighted by atomic mass is 16.3. The molecule has 0 spiro atoms. The summed E-state index contributed by atoms with van der Waals surface area (Å²) in [4.78, 5) is 10.4. The maximum absolute atomic E-state index is 10.4. The van der Waals surface area contributed by atoms with Crippen LogP contribution in [-0.4, -0.2) is 12.4 Å². The topological polar surface area (TPSA) is 37.0 Å². The third-order valence-corrected chi connectivity index (χ3v) is 0.805. The molecule has 0 heterocycles. The first-order chi connectivity index (χ1) is 3.68. The zero-order chi connectivity index (χ0) is 6.57. The van der Waals surface area contributed by atoms with Gasteiger partial charge in [-0.25, -0.2) is 5.11 Å². The Labute approximate surface area is 48.8 Å². The van der Waals surface area contributed by atoms with Gasteiger partial charge in [0.2, 0.25) is 0 Å². The second kappa shape index (κ2) is 3.38. The number of rotatable bonds is 3. The first-order valence-electron chi connectivity index (χ1n) is 2.45. The fourth-order valence-electron chi connectivity index (χ4n) is 0.306. The molecule has 0 saturated carbocycles. The molecule has 0 aliphatic heterocycles. The van der Waals surface area contributed by atoms with E-state index < -0.39 is 0 Å². The molecule has 0 aliphatic rings. The molecule has 0 unspecified atom stereocenters. The first kappa shape index (κ1) is 7.37. The van der Waals surface area contributed by atoms with Crippen LogP contribution in [-0.2, 0) is 9.90 Å². The number of allylic oxidation sites excluding steroid dienone is 1. The van der Waals surface area contributed by atoms with Gasteiger partial charge in [-0.3, -0.25) is 4.79 Å². The summed E-state index contributed by atoms with van der Waals surface area (Å²) in [6.45, 7) is 4.67. The molecule has 2 heteroatoms. The summed E-state index contributed by atoms with van der Waals surface area (Å²) in [6.07, 6.45) is 0.0926. The van der Waals surface area contributed by atoms with E-state index in [0.29, 0.717) is 5.57 Å². The molecule has 0 amide bonds. The van der Waals surface area contributed by atoms with Gasteiger partial charge in [0.15, 0.2) is 5.78 Å². The summed E-state index contributed by atoms with van der Waals surface area (Å²) >= 11 is 0. The summed E-state index contributed by atoms with van der Waals surface area (Å²) in [5.74, 6) is -0.125. The minimum Gasteiger partial charge on any atom is -0.294 e. The van der Waals surface area contributed by atoms with Crippen molar-refractivity contribution in [3.63, 3.8) is 0 Å². The van der Waals surface area contributed by atoms with Crippen LogP contribution in [0, 0.1) is 0 Å². The van der Waals surface area contributed by atoms with Crippen LogP contribution < -0.4 is 0 Å². The highest BCUT2D eigenvalue weighted by molar-refractivity contribution is 5.94. The van der Waals surface area contributed by atoms with Gasteiger partial charge >= 0.3 is 0 Å². The van der Waals surface area contributed by atoms with E-state index in [2.05, 4.69) is 6.58 Å². The molecule has 0 atom stereocenters. The van der Waals surface area contributed by atoms with Gasteiger partial charge in [0.25, 0.3) is 0 Å². The average molecular weight is 113 g/mol. The van der Waals surface area contributed by atoms with Gasteiger partial charge < -0.3 is 0 Å². The molecule has 45 valence electrons. The number of hydrogen-bond acceptors (Lipinski definition) is 1. The van der Waals surface area contributed by atoms with Crippen LogP contribution in [0.2, 0.25) is 0 Å². The molecule has 1 radical (unpaired) electrons. The Balaban J connectivity index is 3.49. The summed E-state index contributed by atoms with van der Waals surface area (Å²) in [7, 11) is 0. The van der Waals surface area contributed by atoms with Crippen molar-refractivity contribution < 1.29 is 9.90 Å². The second-order valence-corrected chi connectivity index (χ2v) is 1.66. The van der Waals surface area contributed by atoms with Crippen LogP contribution in [0.3, 0.4) is 0 Å². The third kappa shape index (κ3) is 2.53. The first-order valence-corrected chi connectivity index (χ1v) is 2.45. The van der Waals surface area contributed by atoms with E-state index in [-0.39, 0.29) is 18.8 Å². The normalized spacial score (nSPS) is 8.75. The van der Waals surface area contributed by atoms with Crippen molar-refractivity contribution in [1.82, 2.24) is 0 Å². The van der Waals surface area contributed by atoms with E-state index in [9.17, 15) is 9.90 Å². The maximum Gasteiger partial charge on any atom is 0.160 e. The molecule has 8 heavy (non-hydrogen) atoms. The number of ketones is 1. The lowest BCUT2D eigenvalue weighted by atomic mass is 10.2. The molecule has 0 N–H and O–H groups in total. The molecule has 0 aromatic rings. The lowest BCUT2D eigenvalue weighted by Crippen LogP contribution is -1.99. The van der Waals surface area contributed by atoms with Crippen LogP contribution in [0.15, 0.2) is 12.2 Å². The second-order valence-electron chi connectivity index (χ2n) is 1.66. The van der Waals surface area contributed by atoms with Gasteiger partial charge in [-0.1, -0.05) is 6.58 Å². The van der Waals surface area contributed by atoms with Crippen LogP contribution in [0.25, 0.3) is 0 Å². The molecule has 0 aromatic carbocycles. The van der Waals surface area contributed by atoms with Gasteiger partial charge in [0, 0.05) is 6.42 Å². The summed E-state index contributed by atoms with van der Waals surface area (Å²) < 4.78 is 0. The SMILES string of the molecule is C=C(C)C(=O)CC[O]. The Morgan fingerprint density at radius 1 is 1.62 bits per heavy atom. The van der Waals surface area contributed by atoms with Gasteiger partial charge in [-0.2, -0.15) is 0 Å². The minimum atomic E-state index is -0.328. The van der Waals surface area contributed by atoms with E-state index >= 15 is 0 Å². The van der Waals surface area contributed by atoms with Gasteiger partial charge in [0.1, 0.15) is 0 Å². The summed E-state index contributed by atoms with van der Waals surface area (Å²) in [5, 5.41) is 9.78. The van der Waals surface area contributed by atoms with E-state index in [0.717, 1.165) is 0 Å². The van der Waals surface area contributed by atoms with Crippen molar-refractivity contribution in [1.29, 1.82) is 0 Å². The lowest BCUT2D eigenvalue weighted by Gasteiger charge is -1.90. The van der Waals surface area contributed by atoms with Gasteiger partial charge in [0.05, 0.1) is 6.61 Å². The number of carbonyl (C=O) groups excluding carboxylic acids is 1. The van der Waals surface area contributed by atoms with Crippen molar-refractivity contribution >= 4 is 5.78 Å². The van der Waals surface area contributed by atoms with Crippen molar-refractivity contribution in [3.05, 3.63) is 12.2 Å². The highest BCUT2D eigenvalue weighted by Gasteiger charge is 1.98. The number of carbonyl (C=O) groups is 1. The van der Waals surface area contributed by atoms with E-state index in [1.807, 2.05) is 0 Å². The molecule has 2 nitrogen and oxygen atoms in total. The predicted octanol–water partition coefficient (Wildman–Crippen LogP) is 0.952. The molecule has 0 rings (SSSR count). The Bertz CT molecular complexity index is 105. The van der Waals surface area contributed by atoms with Crippen molar-refractivity contribution in [3.8, 4) is 0 Å². The fourth-order valence-corrected chi connectivity index (χ4v) is 0.306. The predicted molar refractivity (Wildman–Crippen MR) is 30.0 cm³/mol. The smallest absolute Gasteiger partial charge is 0.160 e. The molecule has 0 bridgehead atoms. The summed E-state index contributed by atoms with van der Waals surface area (Å²) in [6, 6.07) is 0. The Kier molecular flexibility index (Phi) is 3.12. The largest absolute Gasteiger partial charge is 0.294 e. The minimum absolute atomic E-state index is 0.0926. The zero-order valence-electron chi connectivity index (χ0n) is 4.94. The van der Waals surface area contributed by atoms with E-state index in [1.165, 1.54) is 0 Å². The standard InChI is InChI=1S/C6H9O2/c1-5(2)6(8)3-4-7/h1,3-4H2,2H3. The molecule has 0 fully saturated rings. The Morgan fingerprint density at radius 3 is 2.25 bits per heavy atom. The fraction of sp³-hybridized carbons (Fsp3) is 0.500. The van der Waals surface area contributed by atoms with Crippen molar-refractivity contribution in [2.24, 2.45) is 0 Å². The monoisotopic (exact) mass is 113 g/mol. The zero-order valence-corrected chi connectivity index (χ0v) is 4.94. The van der Waals surface area contributed by atoms with Crippen LogP contribution in [0.4, 0.5) is 0 Å². The van der Waals surface area contributed by atoms with Gasteiger partial charge in [-0.15, -0.1) is 0 Å². The van der Waals surface area contributed by atoms with Crippen LogP contribution in [0.5, 0.6) is 0 Å². The third-order valence-electron chi connectivity index (χ3n) is 0.805. The lowest BCUT2D eigenvalue weighted by molar-refractivity contribution is -0.116. The molecule has 0 aliphatic carbocycles. The quantitative estimate of drug-likeness (QED) is 0.502. The van der Waals surface area contributed by atoms with Gasteiger partial charge in [-0.05, 0) is 12.5 Å². The van der Waals surface area contributed by atoms with Crippen molar-refractivity contribution in [2.75, 3.05) is 6.61 Å².